The van der Waals surface area contributed by atoms with Crippen LogP contribution in [0.1, 0.15) is 23.6 Å². The molecule has 2 heterocycles. The van der Waals surface area contributed by atoms with Gasteiger partial charge in [0.05, 0.1) is 22.3 Å². The largest absolute Gasteiger partial charge is 0.308 e. The molecule has 0 bridgehead atoms. The van der Waals surface area contributed by atoms with E-state index in [-0.39, 0.29) is 23.3 Å². The van der Waals surface area contributed by atoms with Crippen molar-refractivity contribution in [3.05, 3.63) is 93.8 Å². The van der Waals surface area contributed by atoms with Crippen LogP contribution in [0.5, 0.6) is 0 Å². The van der Waals surface area contributed by atoms with Gasteiger partial charge < -0.3 is 4.90 Å². The Bertz CT molecular complexity index is 1440. The molecule has 1 atom stereocenters. The van der Waals surface area contributed by atoms with Gasteiger partial charge in [-0.3, -0.25) is 14.2 Å². The Labute approximate surface area is 197 Å². The van der Waals surface area contributed by atoms with Crippen LogP contribution in [0, 0.1) is 13.8 Å². The first-order valence-electron chi connectivity index (χ1n) is 11.1. The molecule has 0 saturated heterocycles. The van der Waals surface area contributed by atoms with Crippen LogP contribution in [0.2, 0.25) is 0 Å². The van der Waals surface area contributed by atoms with Gasteiger partial charge in [-0.25, -0.2) is 4.98 Å². The summed E-state index contributed by atoms with van der Waals surface area (Å²) in [6.07, 6.45) is 0.855. The molecule has 5 nitrogen and oxygen atoms in total. The molecule has 33 heavy (non-hydrogen) atoms. The van der Waals surface area contributed by atoms with Crippen LogP contribution in [-0.2, 0) is 11.2 Å². The summed E-state index contributed by atoms with van der Waals surface area (Å²) in [5, 5.41) is 1.09. The number of amides is 1. The Kier molecular flexibility index (Phi) is 5.54. The van der Waals surface area contributed by atoms with Crippen molar-refractivity contribution >= 4 is 34.3 Å². The van der Waals surface area contributed by atoms with E-state index in [0.29, 0.717) is 16.1 Å². The number of nitrogens with zero attached hydrogens (tertiary/aromatic N) is 3. The number of carbonyl (C=O) groups is 1. The maximum atomic E-state index is 13.5. The second-order valence-corrected chi connectivity index (χ2v) is 9.52. The Balaban J connectivity index is 1.54. The molecule has 0 spiro atoms. The van der Waals surface area contributed by atoms with E-state index in [9.17, 15) is 9.59 Å². The van der Waals surface area contributed by atoms with Gasteiger partial charge in [0.2, 0.25) is 5.91 Å². The highest BCUT2D eigenvalue weighted by atomic mass is 32.2. The summed E-state index contributed by atoms with van der Waals surface area (Å²) in [5.41, 5.74) is 5.60. The zero-order valence-electron chi connectivity index (χ0n) is 18.9. The van der Waals surface area contributed by atoms with Crippen LogP contribution >= 0.6 is 11.8 Å². The minimum atomic E-state index is -0.123. The van der Waals surface area contributed by atoms with E-state index < -0.39 is 0 Å². The van der Waals surface area contributed by atoms with Crippen LogP contribution in [0.15, 0.2) is 76.7 Å². The third-order valence-electron chi connectivity index (χ3n) is 6.14. The first-order chi connectivity index (χ1) is 15.9. The lowest BCUT2D eigenvalue weighted by molar-refractivity contribution is -0.116. The second kappa shape index (κ2) is 8.52. The van der Waals surface area contributed by atoms with Gasteiger partial charge >= 0.3 is 0 Å². The molecule has 0 aliphatic carbocycles. The molecule has 3 aromatic carbocycles. The van der Waals surface area contributed by atoms with Gasteiger partial charge in [-0.05, 0) is 62.6 Å². The summed E-state index contributed by atoms with van der Waals surface area (Å²) in [7, 11) is 0. The van der Waals surface area contributed by atoms with Crippen LogP contribution in [-0.4, -0.2) is 27.3 Å². The predicted molar refractivity (Wildman–Crippen MR) is 135 cm³/mol. The topological polar surface area (TPSA) is 55.2 Å². The second-order valence-electron chi connectivity index (χ2n) is 8.58. The number of fused-ring (bicyclic) bond motifs is 2. The fourth-order valence-electron chi connectivity index (χ4n) is 4.62. The molecule has 0 saturated carbocycles. The average molecular weight is 456 g/mol. The molecule has 1 aliphatic heterocycles. The first kappa shape index (κ1) is 21.5. The molecule has 1 unspecified atom stereocenters. The summed E-state index contributed by atoms with van der Waals surface area (Å²) in [5.74, 6) is 0.223. The summed E-state index contributed by atoms with van der Waals surface area (Å²) in [6, 6.07) is 21.5. The quantitative estimate of drug-likeness (QED) is 0.318. The van der Waals surface area contributed by atoms with Crippen molar-refractivity contribution in [3.63, 3.8) is 0 Å². The van der Waals surface area contributed by atoms with Gasteiger partial charge in [0, 0.05) is 11.7 Å². The monoisotopic (exact) mass is 455 g/mol. The summed E-state index contributed by atoms with van der Waals surface area (Å²) in [4.78, 5) is 33.5. The number of thioether (sulfide) groups is 1. The molecule has 4 aromatic rings. The lowest BCUT2D eigenvalue weighted by Crippen LogP contribution is -2.37. The molecule has 1 aliphatic rings. The molecule has 0 fully saturated rings. The number of benzene rings is 3. The van der Waals surface area contributed by atoms with Gasteiger partial charge in [0.1, 0.15) is 0 Å². The number of aromatic nitrogens is 2. The van der Waals surface area contributed by atoms with Gasteiger partial charge in [-0.1, -0.05) is 59.8 Å². The van der Waals surface area contributed by atoms with Gasteiger partial charge in [0.25, 0.3) is 5.56 Å². The minimum absolute atomic E-state index is 0.0204. The standard InChI is InChI=1S/C27H25N3O2S/c1-17-12-13-23(18(2)14-17)30-26(32)21-9-5-6-10-22(21)28-27(30)33-16-25(31)29-19(3)15-20-8-4-7-11-24(20)29/h4-14,19H,15-16H2,1-3H3. The fourth-order valence-corrected chi connectivity index (χ4v) is 5.48. The SMILES string of the molecule is Cc1ccc(-n2c(SCC(=O)N3c4ccccc4CC3C)nc3ccccc3c2=O)c(C)c1. The van der Waals surface area contributed by atoms with E-state index in [0.717, 1.165) is 28.9 Å². The van der Waals surface area contributed by atoms with E-state index in [1.807, 2.05) is 67.3 Å². The van der Waals surface area contributed by atoms with Crippen LogP contribution in [0.4, 0.5) is 5.69 Å². The molecule has 1 aromatic heterocycles. The van der Waals surface area contributed by atoms with Gasteiger partial charge in [0.15, 0.2) is 5.16 Å². The number of hydrogen-bond acceptors (Lipinski definition) is 4. The normalized spacial score (nSPS) is 15.1. The maximum Gasteiger partial charge on any atom is 0.266 e. The molecule has 6 heteroatoms. The smallest absolute Gasteiger partial charge is 0.266 e. The van der Waals surface area contributed by atoms with E-state index >= 15 is 0 Å². The summed E-state index contributed by atoms with van der Waals surface area (Å²) >= 11 is 1.32. The van der Waals surface area contributed by atoms with Crippen molar-refractivity contribution in [2.45, 2.75) is 38.4 Å². The Morgan fingerprint density at radius 2 is 1.79 bits per heavy atom. The van der Waals surface area contributed by atoms with E-state index in [1.54, 1.807) is 10.6 Å². The molecule has 0 N–H and O–H groups in total. The van der Waals surface area contributed by atoms with Crippen molar-refractivity contribution in [3.8, 4) is 5.69 Å². The van der Waals surface area contributed by atoms with E-state index in [2.05, 4.69) is 19.1 Å². The number of anilines is 1. The van der Waals surface area contributed by atoms with E-state index in [1.165, 1.54) is 17.3 Å². The predicted octanol–water partition coefficient (Wildman–Crippen LogP) is 5.07. The fraction of sp³-hybridized carbons (Fsp3) is 0.222. The van der Waals surface area contributed by atoms with Crippen molar-refractivity contribution in [2.24, 2.45) is 0 Å². The molecular weight excluding hydrogens is 430 g/mol. The lowest BCUT2D eigenvalue weighted by atomic mass is 10.1. The molecule has 166 valence electrons. The summed E-state index contributed by atoms with van der Waals surface area (Å²) < 4.78 is 1.65. The lowest BCUT2D eigenvalue weighted by Gasteiger charge is -2.23. The molecule has 0 radical (unpaired) electrons. The first-order valence-corrected chi connectivity index (χ1v) is 12.0. The zero-order valence-corrected chi connectivity index (χ0v) is 19.7. The third kappa shape index (κ3) is 3.85. The van der Waals surface area contributed by atoms with Crippen molar-refractivity contribution < 1.29 is 4.79 Å². The number of hydrogen-bond donors (Lipinski definition) is 0. The Morgan fingerprint density at radius 3 is 2.61 bits per heavy atom. The van der Waals surface area contributed by atoms with E-state index in [4.69, 9.17) is 4.98 Å². The Morgan fingerprint density at radius 1 is 1.03 bits per heavy atom. The zero-order chi connectivity index (χ0) is 23.1. The highest BCUT2D eigenvalue weighted by Crippen LogP contribution is 2.33. The third-order valence-corrected chi connectivity index (χ3v) is 7.06. The number of carbonyl (C=O) groups excluding carboxylic acids is 1. The highest BCUT2D eigenvalue weighted by Gasteiger charge is 2.30. The van der Waals surface area contributed by atoms with Crippen LogP contribution < -0.4 is 10.5 Å². The van der Waals surface area contributed by atoms with Gasteiger partial charge in [-0.15, -0.1) is 0 Å². The van der Waals surface area contributed by atoms with Crippen molar-refractivity contribution in [1.29, 1.82) is 0 Å². The van der Waals surface area contributed by atoms with Gasteiger partial charge in [-0.2, -0.15) is 0 Å². The molecule has 1 amide bonds. The summed E-state index contributed by atoms with van der Waals surface area (Å²) in [6.45, 7) is 6.09. The van der Waals surface area contributed by atoms with Crippen molar-refractivity contribution in [2.75, 3.05) is 10.7 Å². The minimum Gasteiger partial charge on any atom is -0.308 e. The molecule has 5 rings (SSSR count). The average Bonchev–Trinajstić information content (AvgIpc) is 3.14. The highest BCUT2D eigenvalue weighted by molar-refractivity contribution is 7.99. The van der Waals surface area contributed by atoms with Crippen LogP contribution in [0.3, 0.4) is 0 Å². The number of rotatable bonds is 4. The van der Waals surface area contributed by atoms with Crippen LogP contribution in [0.25, 0.3) is 16.6 Å². The Hall–Kier alpha value is -3.38. The number of aryl methyl sites for hydroxylation is 2. The number of para-hydroxylation sites is 2. The molecular formula is C27H25N3O2S. The van der Waals surface area contributed by atoms with Crippen molar-refractivity contribution in [1.82, 2.24) is 9.55 Å². The maximum absolute atomic E-state index is 13.5.